The number of benzene rings is 1. The van der Waals surface area contributed by atoms with E-state index >= 15 is 0 Å². The van der Waals surface area contributed by atoms with E-state index in [1.807, 2.05) is 31.2 Å². The monoisotopic (exact) mass is 299 g/mol. The molecule has 110 valence electrons. The second kappa shape index (κ2) is 7.31. The maximum atomic E-state index is 11.8. The maximum Gasteiger partial charge on any atom is 0.303 e. The van der Waals surface area contributed by atoms with Gasteiger partial charge in [-0.2, -0.15) is 0 Å². The van der Waals surface area contributed by atoms with Crippen LogP contribution in [0.3, 0.4) is 0 Å². The molecule has 1 unspecified atom stereocenters. The number of aliphatic hydroxyl groups excluding tert-OH is 1. The number of ether oxygens (including phenoxy) is 1. The summed E-state index contributed by atoms with van der Waals surface area (Å²) in [5.74, 6) is -1.05. The van der Waals surface area contributed by atoms with E-state index in [2.05, 4.69) is 0 Å². The van der Waals surface area contributed by atoms with Crippen LogP contribution in [-0.2, 0) is 14.3 Å². The molecule has 5 nitrogen and oxygen atoms in total. The Hall–Kier alpha value is -1.53. The van der Waals surface area contributed by atoms with Crippen LogP contribution in [0.5, 0.6) is 0 Å². The van der Waals surface area contributed by atoms with E-state index in [1.54, 1.807) is 0 Å². The molecule has 6 heteroatoms. The molecule has 0 bridgehead atoms. The number of amides is 1. The third-order valence-corrected chi connectivity index (χ3v) is 3.64. The van der Waals surface area contributed by atoms with Crippen LogP contribution in [0, 0.1) is 6.92 Å². The van der Waals surface area contributed by atoms with E-state index < -0.39 is 23.4 Å². The molecule has 1 aromatic carbocycles. The fourth-order valence-corrected chi connectivity index (χ4v) is 2.44. The number of aryl methyl sites for hydroxylation is 1. The summed E-state index contributed by atoms with van der Waals surface area (Å²) in [6, 6.07) is 7.52. The molecule has 20 heavy (non-hydrogen) atoms. The van der Waals surface area contributed by atoms with E-state index in [4.69, 9.17) is 4.74 Å². The largest absolute Gasteiger partial charge is 0.448 e. The standard InChI is InChI=1S/C14H19NO4S/c1-9-5-7-11(8-6-9)20-14(19-10(2)16)12(17)13(18)15(3)4/h5-8,12,14,17H,1-4H3/t12-,14?/m1/s1/i12+1,13+1. The zero-order valence-electron chi connectivity index (χ0n) is 12.0. The van der Waals surface area contributed by atoms with Gasteiger partial charge in [-0.15, -0.1) is 0 Å². The van der Waals surface area contributed by atoms with Crippen LogP contribution in [0.15, 0.2) is 29.2 Å². The zero-order chi connectivity index (χ0) is 15.3. The minimum absolute atomic E-state index is 0.504. The molecule has 2 atom stereocenters. The average Bonchev–Trinajstić information content (AvgIpc) is 2.38. The average molecular weight is 299 g/mol. The summed E-state index contributed by atoms with van der Waals surface area (Å²) >= 11 is 1.14. The van der Waals surface area contributed by atoms with Crippen LogP contribution in [-0.4, -0.2) is 47.5 Å². The minimum atomic E-state index is -1.40. The van der Waals surface area contributed by atoms with Crippen molar-refractivity contribution in [3.8, 4) is 0 Å². The van der Waals surface area contributed by atoms with Crippen LogP contribution in [0.4, 0.5) is 0 Å². The lowest BCUT2D eigenvalue weighted by molar-refractivity contribution is -0.152. The number of likely N-dealkylation sites (N-methyl/N-ethyl adjacent to an activating group) is 1. The van der Waals surface area contributed by atoms with Crippen LogP contribution in [0.2, 0.25) is 0 Å². The van der Waals surface area contributed by atoms with Crippen molar-refractivity contribution in [3.05, 3.63) is 29.8 Å². The molecule has 0 saturated carbocycles. The molecule has 1 aromatic rings. The number of esters is 1. The smallest absolute Gasteiger partial charge is 0.303 e. The van der Waals surface area contributed by atoms with Crippen molar-refractivity contribution in [2.75, 3.05) is 14.1 Å². The first kappa shape index (κ1) is 16.5. The Labute approximate surface area is 122 Å². The van der Waals surface area contributed by atoms with Gasteiger partial charge in [0.1, 0.15) is 0 Å². The number of aliphatic hydroxyl groups is 1. The molecule has 1 amide bonds. The Kier molecular flexibility index (Phi) is 6.04. The Morgan fingerprint density at radius 1 is 1.25 bits per heavy atom. The van der Waals surface area contributed by atoms with Gasteiger partial charge < -0.3 is 14.7 Å². The first-order chi connectivity index (χ1) is 9.31. The van der Waals surface area contributed by atoms with Crippen molar-refractivity contribution in [3.63, 3.8) is 0 Å². The molecule has 1 N–H and O–H groups in total. The van der Waals surface area contributed by atoms with Crippen molar-refractivity contribution in [1.29, 1.82) is 0 Å². The first-order valence-electron chi connectivity index (χ1n) is 6.11. The van der Waals surface area contributed by atoms with E-state index in [9.17, 15) is 14.7 Å². The summed E-state index contributed by atoms with van der Waals surface area (Å²) < 4.78 is 5.04. The Morgan fingerprint density at radius 3 is 2.25 bits per heavy atom. The van der Waals surface area contributed by atoms with E-state index in [1.165, 1.54) is 25.9 Å². The van der Waals surface area contributed by atoms with Gasteiger partial charge in [0.15, 0.2) is 11.5 Å². The lowest BCUT2D eigenvalue weighted by Crippen LogP contribution is -2.41. The van der Waals surface area contributed by atoms with Crippen LogP contribution in [0.25, 0.3) is 0 Å². The summed E-state index contributed by atoms with van der Waals surface area (Å²) in [6.45, 7) is 3.21. The van der Waals surface area contributed by atoms with Gasteiger partial charge in [0.25, 0.3) is 5.91 Å². The topological polar surface area (TPSA) is 66.8 Å². The molecule has 1 rings (SSSR count). The van der Waals surface area contributed by atoms with Gasteiger partial charge in [0.2, 0.25) is 0 Å². The van der Waals surface area contributed by atoms with Crippen molar-refractivity contribution in [2.24, 2.45) is 0 Å². The predicted octanol–water partition coefficient (Wildman–Crippen LogP) is 1.43. The summed E-state index contributed by atoms with van der Waals surface area (Å²) in [6.07, 6.45) is -1.40. The number of carbonyl (C=O) groups is 2. The van der Waals surface area contributed by atoms with Gasteiger partial charge >= 0.3 is 5.97 Å². The number of hydrogen-bond donors (Lipinski definition) is 1. The third-order valence-electron chi connectivity index (χ3n) is 2.51. The Bertz CT molecular complexity index is 473. The fraction of sp³-hybridized carbons (Fsp3) is 0.429. The lowest BCUT2D eigenvalue weighted by atomic mass is 10.2. The summed E-state index contributed by atoms with van der Waals surface area (Å²) in [4.78, 5) is 25.0. The molecule has 0 fully saturated rings. The van der Waals surface area contributed by atoms with E-state index in [-0.39, 0.29) is 0 Å². The van der Waals surface area contributed by atoms with Gasteiger partial charge in [0, 0.05) is 25.9 Å². The molecule has 0 radical (unpaired) electrons. The van der Waals surface area contributed by atoms with Crippen LogP contribution < -0.4 is 0 Å². The van der Waals surface area contributed by atoms with E-state index in [0.717, 1.165) is 22.2 Å². The summed E-state index contributed by atoms with van der Waals surface area (Å²) in [5, 5.41) is 10.0. The molecule has 0 saturated heterocycles. The summed E-state index contributed by atoms with van der Waals surface area (Å²) in [5.41, 5.74) is 0.133. The molecule has 0 aliphatic rings. The van der Waals surface area contributed by atoms with Gasteiger partial charge in [-0.1, -0.05) is 29.5 Å². The Balaban J connectivity index is 2.86. The van der Waals surface area contributed by atoms with Gasteiger partial charge in [-0.05, 0) is 19.1 Å². The number of hydrogen-bond acceptors (Lipinski definition) is 5. The van der Waals surface area contributed by atoms with Gasteiger partial charge in [-0.25, -0.2) is 0 Å². The molecule has 0 aromatic heterocycles. The quantitative estimate of drug-likeness (QED) is 0.385. The predicted molar refractivity (Wildman–Crippen MR) is 77.3 cm³/mol. The number of rotatable bonds is 5. The van der Waals surface area contributed by atoms with Crippen molar-refractivity contribution in [2.45, 2.75) is 30.3 Å². The highest BCUT2D eigenvalue weighted by molar-refractivity contribution is 7.99. The van der Waals surface area contributed by atoms with Crippen LogP contribution >= 0.6 is 11.8 Å². The number of carbonyl (C=O) groups excluding carboxylic acids is 2. The Morgan fingerprint density at radius 2 is 1.80 bits per heavy atom. The van der Waals surface area contributed by atoms with Gasteiger partial charge in [0.05, 0.1) is 0 Å². The third kappa shape index (κ3) is 4.86. The maximum absolute atomic E-state index is 11.8. The van der Waals surface area contributed by atoms with Crippen molar-refractivity contribution >= 4 is 23.6 Å². The fourth-order valence-electron chi connectivity index (χ4n) is 1.45. The second-order valence-corrected chi connectivity index (χ2v) is 5.76. The SMILES string of the molecule is CC(=O)OC(Sc1ccc(C)cc1)[13C@H](O)[13C](=O)N(C)C. The lowest BCUT2D eigenvalue weighted by Gasteiger charge is -2.23. The molecule has 0 aliphatic carbocycles. The first-order valence-corrected chi connectivity index (χ1v) is 6.99. The molecule has 0 heterocycles. The van der Waals surface area contributed by atoms with E-state index in [0.29, 0.717) is 0 Å². The normalized spacial score (nSPS) is 13.4. The molecular formula is C14H19NO4S. The highest BCUT2D eigenvalue weighted by Gasteiger charge is 2.30. The van der Waals surface area contributed by atoms with Crippen LogP contribution in [0.1, 0.15) is 12.5 Å². The number of thioether (sulfide) groups is 1. The summed E-state index contributed by atoms with van der Waals surface area (Å²) in [7, 11) is 3.07. The highest BCUT2D eigenvalue weighted by Crippen LogP contribution is 2.27. The highest BCUT2D eigenvalue weighted by atomic mass is 32.2. The molecular weight excluding hydrogens is 280 g/mol. The van der Waals surface area contributed by atoms with Gasteiger partial charge in [-0.3, -0.25) is 9.59 Å². The molecule has 0 aliphatic heterocycles. The second-order valence-electron chi connectivity index (χ2n) is 4.59. The molecule has 0 spiro atoms. The van der Waals surface area contributed by atoms with Crippen molar-refractivity contribution < 1.29 is 19.4 Å². The van der Waals surface area contributed by atoms with Crippen molar-refractivity contribution in [1.82, 2.24) is 4.90 Å². The number of nitrogens with zero attached hydrogens (tertiary/aromatic N) is 1. The minimum Gasteiger partial charge on any atom is -0.448 e. The zero-order valence-corrected chi connectivity index (χ0v) is 12.8.